The number of hydrogen-bond donors (Lipinski definition) is 0. The van der Waals surface area contributed by atoms with Crippen LogP contribution in [0.4, 0.5) is 0 Å². The number of ether oxygens (including phenoxy) is 1. The first kappa shape index (κ1) is 29.5. The lowest BCUT2D eigenvalue weighted by Gasteiger charge is -2.58. The second-order valence-electron chi connectivity index (χ2n) is 14.6. The molecule has 0 heterocycles. The lowest BCUT2D eigenvalue weighted by Crippen LogP contribution is -2.51. The van der Waals surface area contributed by atoms with Crippen LogP contribution in [-0.4, -0.2) is 17.5 Å². The van der Waals surface area contributed by atoms with Crippen molar-refractivity contribution in [2.24, 2.45) is 46.3 Å². The minimum absolute atomic E-state index is 0.0206. The van der Waals surface area contributed by atoms with Crippen LogP contribution in [0.25, 0.3) is 0 Å². The van der Waals surface area contributed by atoms with Gasteiger partial charge in [-0.1, -0.05) is 91.7 Å². The van der Waals surface area contributed by atoms with Gasteiger partial charge in [0.05, 0.1) is 0 Å². The molecule has 4 aliphatic carbocycles. The molecule has 37 heavy (non-hydrogen) atoms. The molecule has 3 saturated carbocycles. The van der Waals surface area contributed by atoms with E-state index < -0.39 is 5.38 Å². The van der Waals surface area contributed by atoms with E-state index in [4.69, 9.17) is 16.3 Å². The number of unbranched alkanes of at least 4 members (excludes halogenated alkanes) is 2. The van der Waals surface area contributed by atoms with E-state index in [-0.39, 0.29) is 12.1 Å². The zero-order valence-electron chi connectivity index (χ0n) is 25.0. The molecule has 3 heteroatoms. The Labute approximate surface area is 234 Å². The quantitative estimate of drug-likeness (QED) is 0.114. The third-order valence-corrected chi connectivity index (χ3v) is 12.3. The monoisotopic (exact) mass is 532 g/mol. The fraction of sp³-hybridized carbons (Fsp3) is 0.912. The minimum Gasteiger partial charge on any atom is -0.461 e. The van der Waals surface area contributed by atoms with E-state index in [2.05, 4.69) is 47.6 Å². The molecule has 0 saturated heterocycles. The zero-order valence-corrected chi connectivity index (χ0v) is 25.8. The summed E-state index contributed by atoms with van der Waals surface area (Å²) in [5, 5.41) is -0.483. The van der Waals surface area contributed by atoms with E-state index in [1.165, 1.54) is 57.8 Å². The van der Waals surface area contributed by atoms with Crippen molar-refractivity contribution < 1.29 is 9.53 Å². The van der Waals surface area contributed by atoms with E-state index in [1.807, 2.05) is 0 Å². The topological polar surface area (TPSA) is 26.3 Å². The number of alkyl halides is 1. The summed E-state index contributed by atoms with van der Waals surface area (Å²) in [6, 6.07) is 0. The number of hydrogen-bond acceptors (Lipinski definition) is 2. The van der Waals surface area contributed by atoms with E-state index >= 15 is 0 Å². The molecule has 0 radical (unpaired) electrons. The second kappa shape index (κ2) is 12.3. The maximum atomic E-state index is 12.6. The third kappa shape index (κ3) is 6.15. The van der Waals surface area contributed by atoms with E-state index in [0.717, 1.165) is 74.0 Å². The molecule has 212 valence electrons. The highest BCUT2D eigenvalue weighted by atomic mass is 35.5. The molecule has 2 nitrogen and oxygen atoms in total. The molecule has 0 aromatic heterocycles. The predicted octanol–water partition coefficient (Wildman–Crippen LogP) is 10.1. The fourth-order valence-corrected chi connectivity index (χ4v) is 9.89. The number of allylic oxidation sites excluding steroid dienone is 1. The van der Waals surface area contributed by atoms with Crippen molar-refractivity contribution in [3.05, 3.63) is 11.6 Å². The average Bonchev–Trinajstić information content (AvgIpc) is 3.21. The standard InChI is InChI=1S/C34H57ClO2/c1-7-8-9-13-31(35)32(36)37-26-18-20-33(5)25(22-26)14-15-27-29-17-16-28(24(4)12-10-11-23(2)3)34(29,6)21-19-30(27)33/h14,23-24,26-31H,7-13,15-22H2,1-6H3/t24-,26-,27-,28+,29-,30-,31-,33-,34+/m0/s1. The zero-order chi connectivity index (χ0) is 26.8. The second-order valence-corrected chi connectivity index (χ2v) is 15.1. The van der Waals surface area contributed by atoms with Crippen molar-refractivity contribution in [3.63, 3.8) is 0 Å². The SMILES string of the molecule is CCCCC[C@H](Cl)C(=O)O[C@H]1CC[C@@]2(C)C(=CC[C@H]3[C@@H]4CC[C@H]([C@@H](C)CCCC(C)C)[C@@]4(C)CC[C@@H]32)C1. The summed E-state index contributed by atoms with van der Waals surface area (Å²) < 4.78 is 5.97. The summed E-state index contributed by atoms with van der Waals surface area (Å²) >= 11 is 6.39. The Morgan fingerprint density at radius 3 is 2.51 bits per heavy atom. The molecule has 0 aromatic rings. The molecule has 0 amide bonds. The van der Waals surface area contributed by atoms with Crippen LogP contribution in [0.5, 0.6) is 0 Å². The Hall–Kier alpha value is -0.500. The van der Waals surface area contributed by atoms with Crippen LogP contribution in [0.3, 0.4) is 0 Å². The number of rotatable bonds is 11. The lowest BCUT2D eigenvalue weighted by molar-refractivity contribution is -0.151. The molecule has 0 aromatic carbocycles. The number of halogens is 1. The summed E-state index contributed by atoms with van der Waals surface area (Å²) in [6.45, 7) is 14.7. The number of fused-ring (bicyclic) bond motifs is 5. The summed E-state index contributed by atoms with van der Waals surface area (Å²) in [4.78, 5) is 12.6. The highest BCUT2D eigenvalue weighted by Crippen LogP contribution is 2.67. The molecule has 0 bridgehead atoms. The predicted molar refractivity (Wildman–Crippen MR) is 157 cm³/mol. The lowest BCUT2D eigenvalue weighted by atomic mass is 9.47. The van der Waals surface area contributed by atoms with Gasteiger partial charge in [0.15, 0.2) is 0 Å². The van der Waals surface area contributed by atoms with Gasteiger partial charge in [-0.25, -0.2) is 0 Å². The minimum atomic E-state index is -0.483. The fourth-order valence-electron chi connectivity index (χ4n) is 9.68. The van der Waals surface area contributed by atoms with Crippen molar-refractivity contribution in [1.29, 1.82) is 0 Å². The molecule has 9 atom stereocenters. The molecular weight excluding hydrogens is 476 g/mol. The van der Waals surface area contributed by atoms with Gasteiger partial charge in [0.2, 0.25) is 0 Å². The molecule has 0 N–H and O–H groups in total. The van der Waals surface area contributed by atoms with Crippen LogP contribution in [0.2, 0.25) is 0 Å². The summed E-state index contributed by atoms with van der Waals surface area (Å²) in [5.41, 5.74) is 2.44. The van der Waals surface area contributed by atoms with Gasteiger partial charge in [-0.05, 0) is 97.7 Å². The highest BCUT2D eigenvalue weighted by Gasteiger charge is 2.59. The highest BCUT2D eigenvalue weighted by molar-refractivity contribution is 6.29. The van der Waals surface area contributed by atoms with Crippen molar-refractivity contribution >= 4 is 17.6 Å². The molecule has 0 spiro atoms. The van der Waals surface area contributed by atoms with Crippen LogP contribution in [0.1, 0.15) is 138 Å². The largest absolute Gasteiger partial charge is 0.461 e. The van der Waals surface area contributed by atoms with Crippen molar-refractivity contribution in [2.75, 3.05) is 0 Å². The van der Waals surface area contributed by atoms with Gasteiger partial charge in [-0.15, -0.1) is 11.6 Å². The van der Waals surface area contributed by atoms with E-state index in [9.17, 15) is 4.79 Å². The number of carbonyl (C=O) groups is 1. The van der Waals surface area contributed by atoms with Crippen LogP contribution in [-0.2, 0) is 9.53 Å². The maximum Gasteiger partial charge on any atom is 0.324 e. The van der Waals surface area contributed by atoms with E-state index in [1.54, 1.807) is 5.57 Å². The Balaban J connectivity index is 1.38. The summed E-state index contributed by atoms with van der Waals surface area (Å²) in [7, 11) is 0. The molecule has 0 unspecified atom stereocenters. The Morgan fingerprint density at radius 2 is 1.78 bits per heavy atom. The smallest absolute Gasteiger partial charge is 0.324 e. The molecule has 3 fully saturated rings. The van der Waals surface area contributed by atoms with Crippen molar-refractivity contribution in [2.45, 2.75) is 149 Å². The van der Waals surface area contributed by atoms with Gasteiger partial charge in [-0.3, -0.25) is 4.79 Å². The summed E-state index contributed by atoms with van der Waals surface area (Å²) in [6.07, 6.45) is 20.9. The average molecular weight is 533 g/mol. The summed E-state index contributed by atoms with van der Waals surface area (Å²) in [5.74, 6) is 4.99. The first-order chi connectivity index (χ1) is 17.6. The molecule has 4 rings (SSSR count). The van der Waals surface area contributed by atoms with Gasteiger partial charge in [0, 0.05) is 6.42 Å². The van der Waals surface area contributed by atoms with Crippen LogP contribution in [0, 0.1) is 46.3 Å². The molecule has 4 aliphatic rings. The first-order valence-electron chi connectivity index (χ1n) is 16.1. The molecular formula is C34H57ClO2. The van der Waals surface area contributed by atoms with Crippen molar-refractivity contribution in [3.8, 4) is 0 Å². The van der Waals surface area contributed by atoms with Gasteiger partial charge >= 0.3 is 5.97 Å². The van der Waals surface area contributed by atoms with Gasteiger partial charge in [0.25, 0.3) is 0 Å². The number of esters is 1. The number of carbonyl (C=O) groups excluding carboxylic acids is 1. The third-order valence-electron chi connectivity index (χ3n) is 11.9. The van der Waals surface area contributed by atoms with Crippen LogP contribution < -0.4 is 0 Å². The first-order valence-corrected chi connectivity index (χ1v) is 16.6. The van der Waals surface area contributed by atoms with Crippen LogP contribution >= 0.6 is 11.6 Å². The van der Waals surface area contributed by atoms with Gasteiger partial charge in [0.1, 0.15) is 11.5 Å². The van der Waals surface area contributed by atoms with Gasteiger partial charge < -0.3 is 4.74 Å². The maximum absolute atomic E-state index is 12.6. The van der Waals surface area contributed by atoms with Crippen molar-refractivity contribution in [1.82, 2.24) is 0 Å². The van der Waals surface area contributed by atoms with E-state index in [0.29, 0.717) is 10.8 Å². The normalized spacial score (nSPS) is 38.8. The Bertz CT molecular complexity index is 804. The van der Waals surface area contributed by atoms with Crippen LogP contribution in [0.15, 0.2) is 11.6 Å². The van der Waals surface area contributed by atoms with Gasteiger partial charge in [-0.2, -0.15) is 0 Å². The Morgan fingerprint density at radius 1 is 1.00 bits per heavy atom. The Kier molecular flexibility index (Phi) is 9.84. The molecule has 0 aliphatic heterocycles.